The Bertz CT molecular complexity index is 1040. The SMILES string of the molecule is C[C@H](Oc1ccccc1F)c1nnc(SCC(=O)Nc2ccc(N3CCOCC3)cc2)o1. The van der Waals surface area contributed by atoms with Gasteiger partial charge in [0.25, 0.3) is 11.1 Å². The number of carbonyl (C=O) groups excluding carboxylic acids is 1. The van der Waals surface area contributed by atoms with Crippen LogP contribution >= 0.6 is 11.8 Å². The van der Waals surface area contributed by atoms with Crippen molar-refractivity contribution in [3.05, 3.63) is 60.2 Å². The van der Waals surface area contributed by atoms with Crippen LogP contribution in [-0.2, 0) is 9.53 Å². The molecule has 0 spiro atoms. The van der Waals surface area contributed by atoms with Crippen molar-refractivity contribution in [3.63, 3.8) is 0 Å². The fraction of sp³-hybridized carbons (Fsp3) is 0.318. The van der Waals surface area contributed by atoms with Crippen LogP contribution in [0.15, 0.2) is 58.2 Å². The first-order valence-corrected chi connectivity index (χ1v) is 11.2. The van der Waals surface area contributed by atoms with Crippen molar-refractivity contribution in [2.24, 2.45) is 0 Å². The van der Waals surface area contributed by atoms with Gasteiger partial charge in [0.2, 0.25) is 5.91 Å². The van der Waals surface area contributed by atoms with Crippen LogP contribution in [0, 0.1) is 5.82 Å². The fourth-order valence-electron chi connectivity index (χ4n) is 3.13. The Labute approximate surface area is 189 Å². The minimum atomic E-state index is -0.632. The first kappa shape index (κ1) is 22.1. The lowest BCUT2D eigenvalue weighted by atomic mass is 10.2. The lowest BCUT2D eigenvalue weighted by molar-refractivity contribution is -0.113. The highest BCUT2D eigenvalue weighted by molar-refractivity contribution is 7.99. The van der Waals surface area contributed by atoms with E-state index in [4.69, 9.17) is 13.9 Å². The van der Waals surface area contributed by atoms with Crippen LogP contribution in [-0.4, -0.2) is 48.2 Å². The summed E-state index contributed by atoms with van der Waals surface area (Å²) in [6.45, 7) is 4.85. The lowest BCUT2D eigenvalue weighted by Crippen LogP contribution is -2.36. The number of hydrogen-bond acceptors (Lipinski definition) is 8. The molecule has 1 N–H and O–H groups in total. The van der Waals surface area contributed by atoms with Crippen molar-refractivity contribution in [3.8, 4) is 5.75 Å². The summed E-state index contributed by atoms with van der Waals surface area (Å²) in [5, 5.41) is 10.9. The normalized spacial score (nSPS) is 14.8. The van der Waals surface area contributed by atoms with E-state index in [-0.39, 0.29) is 28.5 Å². The van der Waals surface area contributed by atoms with Gasteiger partial charge in [-0.1, -0.05) is 23.9 Å². The van der Waals surface area contributed by atoms with Crippen molar-refractivity contribution in [1.82, 2.24) is 10.2 Å². The predicted octanol–water partition coefficient (Wildman–Crippen LogP) is 3.92. The molecule has 1 fully saturated rings. The Balaban J connectivity index is 1.25. The van der Waals surface area contributed by atoms with Crippen LogP contribution < -0.4 is 15.0 Å². The second-order valence-electron chi connectivity index (χ2n) is 7.08. The zero-order valence-electron chi connectivity index (χ0n) is 17.5. The number of morpholine rings is 1. The summed E-state index contributed by atoms with van der Waals surface area (Å²) in [6, 6.07) is 13.8. The summed E-state index contributed by atoms with van der Waals surface area (Å²) in [5.74, 6) is -0.246. The summed E-state index contributed by atoms with van der Waals surface area (Å²) >= 11 is 1.12. The molecule has 1 saturated heterocycles. The van der Waals surface area contributed by atoms with Gasteiger partial charge in [-0.2, -0.15) is 0 Å². The molecule has 2 heterocycles. The van der Waals surface area contributed by atoms with Crippen molar-refractivity contribution in [2.75, 3.05) is 42.3 Å². The Kier molecular flexibility index (Phi) is 7.23. The number of aromatic nitrogens is 2. The van der Waals surface area contributed by atoms with Crippen LogP contribution in [0.3, 0.4) is 0 Å². The Hall–Kier alpha value is -3.11. The quantitative estimate of drug-likeness (QED) is 0.508. The molecule has 32 heavy (non-hydrogen) atoms. The van der Waals surface area contributed by atoms with Crippen LogP contribution in [0.5, 0.6) is 5.75 Å². The second kappa shape index (κ2) is 10.5. The Morgan fingerprint density at radius 1 is 1.19 bits per heavy atom. The number of thioether (sulfide) groups is 1. The molecule has 1 amide bonds. The van der Waals surface area contributed by atoms with E-state index in [0.717, 1.165) is 43.8 Å². The van der Waals surface area contributed by atoms with Gasteiger partial charge in [-0.25, -0.2) is 4.39 Å². The number of carbonyl (C=O) groups is 1. The van der Waals surface area contributed by atoms with E-state index in [9.17, 15) is 9.18 Å². The first-order valence-electron chi connectivity index (χ1n) is 10.2. The molecule has 0 bridgehead atoms. The number of amides is 1. The maximum Gasteiger partial charge on any atom is 0.277 e. The number of nitrogens with zero attached hydrogens (tertiary/aromatic N) is 3. The average Bonchev–Trinajstić information content (AvgIpc) is 3.30. The number of benzene rings is 2. The van der Waals surface area contributed by atoms with Crippen LogP contribution in [0.2, 0.25) is 0 Å². The van der Waals surface area contributed by atoms with Gasteiger partial charge in [0.15, 0.2) is 17.7 Å². The van der Waals surface area contributed by atoms with Crippen LogP contribution in [0.4, 0.5) is 15.8 Å². The predicted molar refractivity (Wildman–Crippen MR) is 119 cm³/mol. The molecule has 10 heteroatoms. The molecule has 1 aliphatic heterocycles. The minimum absolute atomic E-state index is 0.103. The zero-order valence-corrected chi connectivity index (χ0v) is 18.3. The van der Waals surface area contributed by atoms with Gasteiger partial charge >= 0.3 is 0 Å². The number of ether oxygens (including phenoxy) is 2. The molecule has 1 aromatic heterocycles. The molecule has 4 rings (SSSR count). The molecular weight excluding hydrogens is 435 g/mol. The number of para-hydroxylation sites is 1. The molecule has 0 saturated carbocycles. The topological polar surface area (TPSA) is 89.7 Å². The van der Waals surface area contributed by atoms with Crippen molar-refractivity contribution < 1.29 is 23.1 Å². The van der Waals surface area contributed by atoms with Gasteiger partial charge in [-0.15, -0.1) is 10.2 Å². The molecule has 0 radical (unpaired) electrons. The third-order valence-corrected chi connectivity index (χ3v) is 5.58. The van der Waals surface area contributed by atoms with E-state index < -0.39 is 11.9 Å². The zero-order chi connectivity index (χ0) is 22.3. The molecule has 1 atom stereocenters. The third-order valence-electron chi connectivity index (χ3n) is 4.76. The van der Waals surface area contributed by atoms with Gasteiger partial charge in [-0.3, -0.25) is 4.79 Å². The molecule has 2 aromatic carbocycles. The largest absolute Gasteiger partial charge is 0.478 e. The number of hydrogen-bond donors (Lipinski definition) is 1. The smallest absolute Gasteiger partial charge is 0.277 e. The van der Waals surface area contributed by atoms with E-state index >= 15 is 0 Å². The summed E-state index contributed by atoms with van der Waals surface area (Å²) in [7, 11) is 0. The van der Waals surface area contributed by atoms with Crippen molar-refractivity contribution in [2.45, 2.75) is 18.3 Å². The average molecular weight is 459 g/mol. The minimum Gasteiger partial charge on any atom is -0.478 e. The summed E-state index contributed by atoms with van der Waals surface area (Å²) in [5.41, 5.74) is 1.82. The van der Waals surface area contributed by atoms with Gasteiger partial charge in [0.05, 0.1) is 19.0 Å². The highest BCUT2D eigenvalue weighted by Crippen LogP contribution is 2.26. The maximum atomic E-state index is 13.7. The highest BCUT2D eigenvalue weighted by Gasteiger charge is 2.18. The number of rotatable bonds is 8. The van der Waals surface area contributed by atoms with E-state index in [1.165, 1.54) is 12.1 Å². The Morgan fingerprint density at radius 2 is 1.94 bits per heavy atom. The standard InChI is InChI=1S/C22H23FN4O4S/c1-15(30-19-5-3-2-4-18(19)23)21-25-26-22(31-21)32-14-20(28)24-16-6-8-17(9-7-16)27-10-12-29-13-11-27/h2-9,15H,10-14H2,1H3,(H,24,28)/t15-/m0/s1. The summed E-state index contributed by atoms with van der Waals surface area (Å²) < 4.78 is 30.2. The van der Waals surface area contributed by atoms with E-state index in [1.54, 1.807) is 19.1 Å². The highest BCUT2D eigenvalue weighted by atomic mass is 32.2. The molecule has 168 valence electrons. The van der Waals surface area contributed by atoms with Crippen molar-refractivity contribution in [1.29, 1.82) is 0 Å². The number of nitrogens with one attached hydrogen (secondary N) is 1. The summed E-state index contributed by atoms with van der Waals surface area (Å²) in [4.78, 5) is 14.5. The molecule has 8 nitrogen and oxygen atoms in total. The maximum absolute atomic E-state index is 13.7. The second-order valence-corrected chi connectivity index (χ2v) is 8.01. The third kappa shape index (κ3) is 5.77. The van der Waals surface area contributed by atoms with E-state index in [2.05, 4.69) is 20.4 Å². The van der Waals surface area contributed by atoms with Gasteiger partial charge in [-0.05, 0) is 43.3 Å². The Morgan fingerprint density at radius 3 is 2.69 bits per heavy atom. The first-order chi connectivity index (χ1) is 15.6. The number of anilines is 2. The van der Waals surface area contributed by atoms with E-state index in [0.29, 0.717) is 5.69 Å². The van der Waals surface area contributed by atoms with Gasteiger partial charge in [0.1, 0.15) is 0 Å². The number of halogens is 1. The summed E-state index contributed by atoms with van der Waals surface area (Å²) in [6.07, 6.45) is -0.632. The molecule has 0 unspecified atom stereocenters. The molecule has 0 aliphatic carbocycles. The molecular formula is C22H23FN4O4S. The van der Waals surface area contributed by atoms with Crippen LogP contribution in [0.1, 0.15) is 18.9 Å². The van der Waals surface area contributed by atoms with Crippen molar-refractivity contribution >= 4 is 29.0 Å². The van der Waals surface area contributed by atoms with Gasteiger partial charge < -0.3 is 24.1 Å². The fourth-order valence-corrected chi connectivity index (χ4v) is 3.70. The van der Waals surface area contributed by atoms with Crippen LogP contribution in [0.25, 0.3) is 0 Å². The molecule has 3 aromatic rings. The van der Waals surface area contributed by atoms with E-state index in [1.807, 2.05) is 24.3 Å². The van der Waals surface area contributed by atoms with Gasteiger partial charge in [0, 0.05) is 24.5 Å². The lowest BCUT2D eigenvalue weighted by Gasteiger charge is -2.28. The monoisotopic (exact) mass is 458 g/mol. The molecule has 1 aliphatic rings.